The maximum atomic E-state index is 11.6. The zero-order valence-corrected chi connectivity index (χ0v) is 15.0. The van der Waals surface area contributed by atoms with Crippen LogP contribution < -0.4 is 5.32 Å². The predicted molar refractivity (Wildman–Crippen MR) is 96.7 cm³/mol. The van der Waals surface area contributed by atoms with Crippen molar-refractivity contribution in [3.63, 3.8) is 0 Å². The maximum absolute atomic E-state index is 11.6. The van der Waals surface area contributed by atoms with Gasteiger partial charge in [-0.3, -0.25) is 9.69 Å². The minimum Gasteiger partial charge on any atom is -0.465 e. The minimum atomic E-state index is -1.03. The third kappa shape index (κ3) is 2.51. The van der Waals surface area contributed by atoms with Crippen molar-refractivity contribution in [2.24, 2.45) is 17.8 Å². The van der Waals surface area contributed by atoms with Crippen molar-refractivity contribution in [2.75, 3.05) is 6.54 Å². The summed E-state index contributed by atoms with van der Waals surface area (Å²) in [6.07, 6.45) is 7.29. The molecule has 5 heteroatoms. The summed E-state index contributed by atoms with van der Waals surface area (Å²) in [6, 6.07) is 8.04. The van der Waals surface area contributed by atoms with E-state index < -0.39 is 12.1 Å². The van der Waals surface area contributed by atoms with E-state index in [9.17, 15) is 14.7 Å². The molecule has 1 saturated heterocycles. The van der Waals surface area contributed by atoms with Crippen LogP contribution in [0.2, 0.25) is 0 Å². The zero-order valence-electron chi connectivity index (χ0n) is 15.0. The standard InChI is InChI=1S/C21H26N2O3/c24-19-18(11-22-19)23(20(25)26)12-13-1-3-17(4-2-13)21-8-14-5-15(9-21)7-16(6-14)10-21/h1-4,14-16,18H,5-12H2,(H,22,24)(H,25,26)/t14?,15?,16?,18-,21?/m0/s1. The Balaban J connectivity index is 1.34. The number of carboxylic acid groups (broad SMARTS) is 1. The van der Waals surface area contributed by atoms with Crippen molar-refractivity contribution < 1.29 is 14.7 Å². The second-order valence-electron chi connectivity index (χ2n) is 9.07. The van der Waals surface area contributed by atoms with Crippen LogP contribution in [0, 0.1) is 17.8 Å². The lowest BCUT2D eigenvalue weighted by Gasteiger charge is -2.57. The lowest BCUT2D eigenvalue weighted by Crippen LogP contribution is -2.62. The Morgan fingerprint density at radius 1 is 1.08 bits per heavy atom. The molecule has 2 amide bonds. The molecule has 5 fully saturated rings. The second kappa shape index (κ2) is 5.73. The van der Waals surface area contributed by atoms with Gasteiger partial charge in [0.1, 0.15) is 6.04 Å². The molecule has 1 atom stereocenters. The smallest absolute Gasteiger partial charge is 0.408 e. The third-order valence-corrected chi connectivity index (χ3v) is 7.35. The number of nitrogens with zero attached hydrogens (tertiary/aromatic N) is 1. The first-order valence-corrected chi connectivity index (χ1v) is 9.89. The first-order chi connectivity index (χ1) is 12.5. The molecule has 1 aliphatic heterocycles. The average Bonchev–Trinajstić information content (AvgIpc) is 2.59. The molecule has 4 aliphatic carbocycles. The van der Waals surface area contributed by atoms with E-state index in [1.54, 1.807) is 0 Å². The number of β-lactam (4-membered cyclic amide) rings is 1. The molecule has 26 heavy (non-hydrogen) atoms. The molecular formula is C21H26N2O3. The summed E-state index contributed by atoms with van der Waals surface area (Å²) >= 11 is 0. The van der Waals surface area contributed by atoms with Gasteiger partial charge in [-0.25, -0.2) is 4.79 Å². The second-order valence-corrected chi connectivity index (χ2v) is 9.07. The number of hydrogen-bond donors (Lipinski definition) is 2. The third-order valence-electron chi connectivity index (χ3n) is 7.35. The van der Waals surface area contributed by atoms with Crippen LogP contribution >= 0.6 is 0 Å². The van der Waals surface area contributed by atoms with Crippen LogP contribution in [-0.2, 0) is 16.8 Å². The van der Waals surface area contributed by atoms with E-state index in [1.807, 2.05) is 0 Å². The van der Waals surface area contributed by atoms with Gasteiger partial charge < -0.3 is 10.4 Å². The van der Waals surface area contributed by atoms with E-state index in [4.69, 9.17) is 0 Å². The fraction of sp³-hybridized carbons (Fsp3) is 0.619. The molecular weight excluding hydrogens is 328 g/mol. The normalized spacial score (nSPS) is 37.2. The Morgan fingerprint density at radius 2 is 1.65 bits per heavy atom. The highest BCUT2D eigenvalue weighted by atomic mass is 16.4. The number of amides is 2. The maximum Gasteiger partial charge on any atom is 0.408 e. The Morgan fingerprint density at radius 3 is 2.08 bits per heavy atom. The van der Waals surface area contributed by atoms with Gasteiger partial charge in [0.15, 0.2) is 0 Å². The van der Waals surface area contributed by atoms with Gasteiger partial charge >= 0.3 is 6.09 Å². The zero-order chi connectivity index (χ0) is 17.9. The molecule has 0 unspecified atom stereocenters. The molecule has 4 bridgehead atoms. The van der Waals surface area contributed by atoms with E-state index in [0.29, 0.717) is 12.0 Å². The molecule has 2 N–H and O–H groups in total. The van der Waals surface area contributed by atoms with Gasteiger partial charge in [0.25, 0.3) is 0 Å². The largest absolute Gasteiger partial charge is 0.465 e. The molecule has 6 rings (SSSR count). The van der Waals surface area contributed by atoms with E-state index >= 15 is 0 Å². The van der Waals surface area contributed by atoms with E-state index in [1.165, 1.54) is 49.0 Å². The molecule has 1 aromatic rings. The lowest BCUT2D eigenvalue weighted by molar-refractivity contribution is -0.132. The van der Waals surface area contributed by atoms with Crippen molar-refractivity contribution >= 4 is 12.0 Å². The summed E-state index contributed by atoms with van der Waals surface area (Å²) in [6.45, 7) is 0.686. The Labute approximate surface area is 153 Å². The summed E-state index contributed by atoms with van der Waals surface area (Å²) in [5.74, 6) is 2.55. The van der Waals surface area contributed by atoms with Gasteiger partial charge in [0.05, 0.1) is 0 Å². The number of benzene rings is 1. The Hall–Kier alpha value is -2.04. The van der Waals surface area contributed by atoms with Gasteiger partial charge in [-0.15, -0.1) is 0 Å². The van der Waals surface area contributed by atoms with Crippen molar-refractivity contribution in [3.05, 3.63) is 35.4 Å². The molecule has 0 aromatic heterocycles. The molecule has 1 aromatic carbocycles. The number of hydrogen-bond acceptors (Lipinski definition) is 2. The van der Waals surface area contributed by atoms with Gasteiger partial charge in [-0.2, -0.15) is 0 Å². The van der Waals surface area contributed by atoms with Crippen molar-refractivity contribution in [1.82, 2.24) is 10.2 Å². The first kappa shape index (κ1) is 16.2. The van der Waals surface area contributed by atoms with Gasteiger partial charge in [-0.1, -0.05) is 24.3 Å². The summed E-state index contributed by atoms with van der Waals surface area (Å²) in [7, 11) is 0. The summed E-state index contributed by atoms with van der Waals surface area (Å²) in [5, 5.41) is 12.1. The predicted octanol–water partition coefficient (Wildman–Crippen LogP) is 3.13. The Kier molecular flexibility index (Phi) is 3.56. The first-order valence-electron chi connectivity index (χ1n) is 9.89. The molecule has 5 nitrogen and oxygen atoms in total. The van der Waals surface area contributed by atoms with Crippen LogP contribution in [0.1, 0.15) is 49.7 Å². The highest BCUT2D eigenvalue weighted by molar-refractivity contribution is 5.90. The minimum absolute atomic E-state index is 0.197. The highest BCUT2D eigenvalue weighted by Crippen LogP contribution is 2.60. The van der Waals surface area contributed by atoms with E-state index in [0.717, 1.165) is 23.3 Å². The van der Waals surface area contributed by atoms with Crippen LogP contribution in [0.5, 0.6) is 0 Å². The summed E-state index contributed by atoms with van der Waals surface area (Å²) < 4.78 is 0. The lowest BCUT2D eigenvalue weighted by atomic mass is 9.48. The SMILES string of the molecule is O=C1NC[C@@H]1N(Cc1ccc(C23CC4CC(CC(C4)C2)C3)cc1)C(=O)O. The fourth-order valence-corrected chi connectivity index (χ4v) is 6.46. The number of carbonyl (C=O) groups is 2. The molecule has 1 heterocycles. The number of carbonyl (C=O) groups excluding carboxylic acids is 1. The summed E-state index contributed by atoms with van der Waals surface area (Å²) in [5.41, 5.74) is 2.78. The van der Waals surface area contributed by atoms with Crippen LogP contribution in [0.3, 0.4) is 0 Å². The Bertz CT molecular complexity index is 707. The van der Waals surface area contributed by atoms with Crippen molar-refractivity contribution in [3.8, 4) is 0 Å². The van der Waals surface area contributed by atoms with Crippen LogP contribution in [-0.4, -0.2) is 34.6 Å². The molecule has 138 valence electrons. The molecule has 0 radical (unpaired) electrons. The number of nitrogens with one attached hydrogen (secondary N) is 1. The average molecular weight is 354 g/mol. The van der Waals surface area contributed by atoms with Crippen molar-refractivity contribution in [2.45, 2.75) is 56.5 Å². The van der Waals surface area contributed by atoms with Crippen LogP contribution in [0.25, 0.3) is 0 Å². The van der Waals surface area contributed by atoms with Crippen molar-refractivity contribution in [1.29, 1.82) is 0 Å². The van der Waals surface area contributed by atoms with E-state index in [-0.39, 0.29) is 12.5 Å². The summed E-state index contributed by atoms with van der Waals surface area (Å²) in [4.78, 5) is 24.3. The van der Waals surface area contributed by atoms with E-state index in [2.05, 4.69) is 29.6 Å². The highest BCUT2D eigenvalue weighted by Gasteiger charge is 2.51. The quantitative estimate of drug-likeness (QED) is 0.816. The topological polar surface area (TPSA) is 69.6 Å². The molecule has 0 spiro atoms. The van der Waals surface area contributed by atoms with Gasteiger partial charge in [0, 0.05) is 13.1 Å². The number of rotatable bonds is 4. The van der Waals surface area contributed by atoms with Gasteiger partial charge in [0.2, 0.25) is 5.91 Å². The monoisotopic (exact) mass is 354 g/mol. The van der Waals surface area contributed by atoms with Crippen LogP contribution in [0.15, 0.2) is 24.3 Å². The molecule has 5 aliphatic rings. The molecule has 4 saturated carbocycles. The van der Waals surface area contributed by atoms with Gasteiger partial charge in [-0.05, 0) is 72.8 Å². The fourth-order valence-electron chi connectivity index (χ4n) is 6.46. The van der Waals surface area contributed by atoms with Crippen LogP contribution in [0.4, 0.5) is 4.79 Å².